The molecule has 104 valence electrons. The van der Waals surface area contributed by atoms with E-state index in [-0.39, 0.29) is 11.8 Å². The average molecular weight is 265 g/mol. The summed E-state index contributed by atoms with van der Waals surface area (Å²) >= 11 is 0. The molecule has 3 nitrogen and oxygen atoms in total. The van der Waals surface area contributed by atoms with Gasteiger partial charge < -0.3 is 4.74 Å². The van der Waals surface area contributed by atoms with E-state index in [0.29, 0.717) is 6.61 Å². The van der Waals surface area contributed by atoms with Crippen LogP contribution in [0.25, 0.3) is 0 Å². The molecular weight excluding hydrogens is 245 g/mol. The van der Waals surface area contributed by atoms with Crippen LogP contribution in [0.15, 0.2) is 24.3 Å². The number of ether oxygens (including phenoxy) is 1. The van der Waals surface area contributed by atoms with Crippen LogP contribution >= 0.6 is 0 Å². The van der Waals surface area contributed by atoms with Crippen LogP contribution in [0, 0.1) is 5.82 Å². The number of benzene rings is 1. The molecule has 0 spiro atoms. The van der Waals surface area contributed by atoms with Crippen LogP contribution in [0.4, 0.5) is 4.39 Å². The monoisotopic (exact) mass is 265 g/mol. The number of nitrogens with zero attached hydrogens (tertiary/aromatic N) is 1. The van der Waals surface area contributed by atoms with Crippen molar-refractivity contribution >= 4 is 5.97 Å². The highest BCUT2D eigenvalue weighted by Crippen LogP contribution is 2.26. The van der Waals surface area contributed by atoms with Gasteiger partial charge in [-0.05, 0) is 50.6 Å². The molecule has 4 heteroatoms. The van der Waals surface area contributed by atoms with Crippen LogP contribution in [0.3, 0.4) is 0 Å². The molecule has 19 heavy (non-hydrogen) atoms. The third kappa shape index (κ3) is 3.53. The Balaban J connectivity index is 2.22. The zero-order valence-corrected chi connectivity index (χ0v) is 11.3. The molecule has 0 radical (unpaired) electrons. The number of carbonyl (C=O) groups is 1. The van der Waals surface area contributed by atoms with E-state index in [9.17, 15) is 9.18 Å². The molecule has 1 fully saturated rings. The zero-order valence-electron chi connectivity index (χ0n) is 11.3. The normalized spacial score (nSPS) is 18.0. The van der Waals surface area contributed by atoms with Gasteiger partial charge in [0.05, 0.1) is 6.61 Å². The summed E-state index contributed by atoms with van der Waals surface area (Å²) in [5, 5.41) is 0. The first-order valence-corrected chi connectivity index (χ1v) is 6.88. The molecular formula is C15H20FNO2. The van der Waals surface area contributed by atoms with Gasteiger partial charge >= 0.3 is 5.97 Å². The third-order valence-corrected chi connectivity index (χ3v) is 3.45. The lowest BCUT2D eigenvalue weighted by Crippen LogP contribution is -2.38. The number of hydrogen-bond donors (Lipinski definition) is 0. The molecule has 1 aromatic rings. The second-order valence-corrected chi connectivity index (χ2v) is 4.80. The molecule has 1 unspecified atom stereocenters. The van der Waals surface area contributed by atoms with Crippen molar-refractivity contribution in [3.63, 3.8) is 0 Å². The van der Waals surface area contributed by atoms with E-state index in [2.05, 4.69) is 4.90 Å². The van der Waals surface area contributed by atoms with Crippen LogP contribution in [0.1, 0.15) is 37.8 Å². The fourth-order valence-electron chi connectivity index (χ4n) is 2.54. The van der Waals surface area contributed by atoms with Crippen molar-refractivity contribution in [1.82, 2.24) is 4.90 Å². The fraction of sp³-hybridized carbons (Fsp3) is 0.533. The summed E-state index contributed by atoms with van der Waals surface area (Å²) in [6, 6.07) is 5.73. The molecule has 1 aromatic carbocycles. The van der Waals surface area contributed by atoms with Crippen LogP contribution in [-0.4, -0.2) is 30.6 Å². The lowest BCUT2D eigenvalue weighted by atomic mass is 10.0. The highest BCUT2D eigenvalue weighted by molar-refractivity contribution is 5.77. The lowest BCUT2D eigenvalue weighted by molar-refractivity contribution is -0.150. The maximum atomic E-state index is 13.0. The van der Waals surface area contributed by atoms with Gasteiger partial charge in [-0.2, -0.15) is 0 Å². The second kappa shape index (κ2) is 6.66. The molecule has 1 heterocycles. The topological polar surface area (TPSA) is 29.5 Å². The van der Waals surface area contributed by atoms with E-state index in [4.69, 9.17) is 4.74 Å². The predicted octanol–water partition coefficient (Wildman–Crippen LogP) is 2.92. The summed E-state index contributed by atoms with van der Waals surface area (Å²) in [6.45, 7) is 3.95. The Morgan fingerprint density at radius 1 is 1.26 bits per heavy atom. The van der Waals surface area contributed by atoms with Gasteiger partial charge in [-0.1, -0.05) is 18.6 Å². The molecule has 0 amide bonds. The summed E-state index contributed by atoms with van der Waals surface area (Å²) in [5.41, 5.74) is 0.807. The maximum Gasteiger partial charge on any atom is 0.327 e. The number of carbonyl (C=O) groups excluding carboxylic acids is 1. The number of halogens is 1. The average Bonchev–Trinajstić information content (AvgIpc) is 2.43. The van der Waals surface area contributed by atoms with Crippen LogP contribution in [-0.2, 0) is 9.53 Å². The van der Waals surface area contributed by atoms with Crippen LogP contribution in [0.5, 0.6) is 0 Å². The van der Waals surface area contributed by atoms with Gasteiger partial charge in [0, 0.05) is 0 Å². The molecule has 2 rings (SSSR count). The number of piperidine rings is 1. The quantitative estimate of drug-likeness (QED) is 0.784. The second-order valence-electron chi connectivity index (χ2n) is 4.80. The predicted molar refractivity (Wildman–Crippen MR) is 71.2 cm³/mol. The highest BCUT2D eigenvalue weighted by Gasteiger charge is 2.29. The van der Waals surface area contributed by atoms with E-state index in [0.717, 1.165) is 31.5 Å². The van der Waals surface area contributed by atoms with Crippen molar-refractivity contribution in [2.75, 3.05) is 19.7 Å². The Morgan fingerprint density at radius 2 is 1.89 bits per heavy atom. The molecule has 1 saturated heterocycles. The summed E-state index contributed by atoms with van der Waals surface area (Å²) in [5.74, 6) is -0.527. The van der Waals surface area contributed by atoms with E-state index in [1.807, 2.05) is 0 Å². The third-order valence-electron chi connectivity index (χ3n) is 3.45. The van der Waals surface area contributed by atoms with E-state index >= 15 is 0 Å². The summed E-state index contributed by atoms with van der Waals surface area (Å²) in [6.07, 6.45) is 3.39. The molecule has 1 aliphatic heterocycles. The van der Waals surface area contributed by atoms with Gasteiger partial charge in [0.2, 0.25) is 0 Å². The molecule has 0 N–H and O–H groups in total. The first-order valence-electron chi connectivity index (χ1n) is 6.88. The first-order chi connectivity index (χ1) is 9.22. The van der Waals surface area contributed by atoms with Gasteiger partial charge in [0.1, 0.15) is 11.9 Å². The van der Waals surface area contributed by atoms with Crippen LogP contribution < -0.4 is 0 Å². The molecule has 0 aliphatic carbocycles. The number of esters is 1. The summed E-state index contributed by atoms with van der Waals surface area (Å²) in [4.78, 5) is 14.3. The van der Waals surface area contributed by atoms with Crippen molar-refractivity contribution < 1.29 is 13.9 Å². The molecule has 1 atom stereocenters. The van der Waals surface area contributed by atoms with Gasteiger partial charge in [0.15, 0.2) is 0 Å². The minimum atomic E-state index is -0.402. The van der Waals surface area contributed by atoms with Gasteiger partial charge in [-0.25, -0.2) is 9.18 Å². The van der Waals surface area contributed by atoms with Crippen molar-refractivity contribution in [2.45, 2.75) is 32.2 Å². The fourth-order valence-corrected chi connectivity index (χ4v) is 2.54. The summed E-state index contributed by atoms with van der Waals surface area (Å²) in [7, 11) is 0. The molecule has 0 bridgehead atoms. The van der Waals surface area contributed by atoms with Crippen molar-refractivity contribution in [1.29, 1.82) is 0 Å². The Kier molecular flexibility index (Phi) is 4.91. The minimum Gasteiger partial charge on any atom is -0.465 e. The lowest BCUT2D eigenvalue weighted by Gasteiger charge is -2.33. The Labute approximate surface area is 113 Å². The van der Waals surface area contributed by atoms with Crippen molar-refractivity contribution in [2.24, 2.45) is 0 Å². The Bertz CT molecular complexity index is 413. The molecule has 1 aliphatic rings. The minimum absolute atomic E-state index is 0.240. The first kappa shape index (κ1) is 14.0. The van der Waals surface area contributed by atoms with Gasteiger partial charge in [-0.15, -0.1) is 0 Å². The van der Waals surface area contributed by atoms with Gasteiger partial charge in [0.25, 0.3) is 0 Å². The smallest absolute Gasteiger partial charge is 0.327 e. The highest BCUT2D eigenvalue weighted by atomic mass is 19.1. The number of likely N-dealkylation sites (tertiary alicyclic amines) is 1. The standard InChI is InChI=1S/C15H20FNO2/c1-2-19-15(18)14(17-10-4-3-5-11-17)12-6-8-13(16)9-7-12/h6-9,14H,2-5,10-11H2,1H3. The van der Waals surface area contributed by atoms with E-state index in [1.54, 1.807) is 19.1 Å². The van der Waals surface area contributed by atoms with Crippen LogP contribution in [0.2, 0.25) is 0 Å². The maximum absolute atomic E-state index is 13.0. The van der Waals surface area contributed by atoms with Gasteiger partial charge in [-0.3, -0.25) is 4.90 Å². The molecule has 0 aromatic heterocycles. The number of hydrogen-bond acceptors (Lipinski definition) is 3. The van der Waals surface area contributed by atoms with E-state index < -0.39 is 6.04 Å². The number of rotatable bonds is 4. The Morgan fingerprint density at radius 3 is 2.47 bits per heavy atom. The SMILES string of the molecule is CCOC(=O)C(c1ccc(F)cc1)N1CCCCC1. The zero-order chi connectivity index (χ0) is 13.7. The van der Waals surface area contributed by atoms with Crippen molar-refractivity contribution in [3.8, 4) is 0 Å². The largest absolute Gasteiger partial charge is 0.465 e. The van der Waals surface area contributed by atoms with E-state index in [1.165, 1.54) is 18.6 Å². The molecule has 0 saturated carbocycles. The summed E-state index contributed by atoms with van der Waals surface area (Å²) < 4.78 is 18.2. The Hall–Kier alpha value is -1.42. The van der Waals surface area contributed by atoms with Crippen molar-refractivity contribution in [3.05, 3.63) is 35.6 Å².